The van der Waals surface area contributed by atoms with Gasteiger partial charge in [0.2, 0.25) is 0 Å². The van der Waals surface area contributed by atoms with Gasteiger partial charge in [0.1, 0.15) is 0 Å². The predicted octanol–water partition coefficient (Wildman–Crippen LogP) is 3.15. The largest absolute Gasteiger partial charge is 0.493 e. The molecule has 110 valence electrons. The van der Waals surface area contributed by atoms with Crippen molar-refractivity contribution in [3.05, 3.63) is 17.7 Å². The molecule has 1 aliphatic carbocycles. The number of benzene rings is 1. The molecule has 2 N–H and O–H groups in total. The number of nitrogens with one attached hydrogen (secondary N) is 1. The second-order valence-corrected chi connectivity index (χ2v) is 5.04. The molecule has 0 radical (unpaired) electrons. The monoisotopic (exact) mass is 279 g/mol. The molecule has 0 bridgehead atoms. The third kappa shape index (κ3) is 3.15. The van der Waals surface area contributed by atoms with Crippen molar-refractivity contribution in [2.24, 2.45) is 0 Å². The van der Waals surface area contributed by atoms with Crippen LogP contribution in [-0.4, -0.2) is 31.3 Å². The SMILES string of the molecule is COc1cc(C(=O)O)cc(NC2CCCCC2)c1OC. The highest BCUT2D eigenvalue weighted by atomic mass is 16.5. The molecule has 0 unspecified atom stereocenters. The molecule has 5 heteroatoms. The normalized spacial score (nSPS) is 15.7. The number of anilines is 1. The van der Waals surface area contributed by atoms with E-state index < -0.39 is 5.97 Å². The van der Waals surface area contributed by atoms with Crippen LogP contribution in [0.15, 0.2) is 12.1 Å². The molecule has 0 spiro atoms. The maximum Gasteiger partial charge on any atom is 0.335 e. The number of hydrogen-bond donors (Lipinski definition) is 2. The molecular weight excluding hydrogens is 258 g/mol. The molecule has 0 amide bonds. The number of carboxylic acids is 1. The lowest BCUT2D eigenvalue weighted by Gasteiger charge is -2.25. The van der Waals surface area contributed by atoms with Crippen molar-refractivity contribution in [2.75, 3.05) is 19.5 Å². The number of methoxy groups -OCH3 is 2. The number of carboxylic acid groups (broad SMARTS) is 1. The van der Waals surface area contributed by atoms with Gasteiger partial charge in [-0.05, 0) is 25.0 Å². The van der Waals surface area contributed by atoms with Gasteiger partial charge in [-0.3, -0.25) is 0 Å². The van der Waals surface area contributed by atoms with E-state index in [9.17, 15) is 9.90 Å². The van der Waals surface area contributed by atoms with Crippen molar-refractivity contribution >= 4 is 11.7 Å². The lowest BCUT2D eigenvalue weighted by atomic mass is 9.95. The predicted molar refractivity (Wildman–Crippen MR) is 77.0 cm³/mol. The van der Waals surface area contributed by atoms with Crippen molar-refractivity contribution in [1.29, 1.82) is 0 Å². The number of carbonyl (C=O) groups is 1. The van der Waals surface area contributed by atoms with Crippen LogP contribution in [0.4, 0.5) is 5.69 Å². The molecule has 0 aliphatic heterocycles. The van der Waals surface area contributed by atoms with Crippen molar-refractivity contribution in [3.63, 3.8) is 0 Å². The molecule has 0 heterocycles. The van der Waals surface area contributed by atoms with E-state index in [4.69, 9.17) is 9.47 Å². The Morgan fingerprint density at radius 1 is 1.20 bits per heavy atom. The van der Waals surface area contributed by atoms with Crippen LogP contribution >= 0.6 is 0 Å². The number of hydrogen-bond acceptors (Lipinski definition) is 4. The highest BCUT2D eigenvalue weighted by Gasteiger charge is 2.19. The molecule has 1 aromatic carbocycles. The number of aromatic carboxylic acids is 1. The summed E-state index contributed by atoms with van der Waals surface area (Å²) < 4.78 is 10.6. The van der Waals surface area contributed by atoms with Crippen molar-refractivity contribution in [2.45, 2.75) is 38.1 Å². The number of rotatable bonds is 5. The van der Waals surface area contributed by atoms with Crippen molar-refractivity contribution in [1.82, 2.24) is 0 Å². The second kappa shape index (κ2) is 6.50. The first-order valence-electron chi connectivity index (χ1n) is 6.91. The third-order valence-corrected chi connectivity index (χ3v) is 3.69. The zero-order valence-electron chi connectivity index (χ0n) is 11.9. The average Bonchev–Trinajstić information content (AvgIpc) is 2.47. The summed E-state index contributed by atoms with van der Waals surface area (Å²) in [6.45, 7) is 0. The van der Waals surface area contributed by atoms with Gasteiger partial charge in [0.25, 0.3) is 0 Å². The molecule has 5 nitrogen and oxygen atoms in total. The lowest BCUT2D eigenvalue weighted by molar-refractivity contribution is 0.0696. The lowest BCUT2D eigenvalue weighted by Crippen LogP contribution is -2.22. The fourth-order valence-corrected chi connectivity index (χ4v) is 2.66. The molecule has 1 fully saturated rings. The molecule has 1 aromatic rings. The average molecular weight is 279 g/mol. The molecule has 1 aliphatic rings. The van der Waals surface area contributed by atoms with Gasteiger partial charge in [-0.15, -0.1) is 0 Å². The van der Waals surface area contributed by atoms with Gasteiger partial charge >= 0.3 is 5.97 Å². The summed E-state index contributed by atoms with van der Waals surface area (Å²) in [6, 6.07) is 3.46. The first-order chi connectivity index (χ1) is 9.65. The van der Waals surface area contributed by atoms with E-state index in [1.165, 1.54) is 32.4 Å². The summed E-state index contributed by atoms with van der Waals surface area (Å²) in [5.74, 6) is 0.0198. The molecular formula is C15H21NO4. The van der Waals surface area contributed by atoms with E-state index in [2.05, 4.69) is 5.32 Å². The maximum absolute atomic E-state index is 11.2. The van der Waals surface area contributed by atoms with E-state index in [1.807, 2.05) is 0 Å². The fourth-order valence-electron chi connectivity index (χ4n) is 2.66. The van der Waals surface area contributed by atoms with Gasteiger partial charge < -0.3 is 19.9 Å². The summed E-state index contributed by atoms with van der Waals surface area (Å²) in [5.41, 5.74) is 0.886. The smallest absolute Gasteiger partial charge is 0.335 e. The third-order valence-electron chi connectivity index (χ3n) is 3.69. The number of ether oxygens (including phenoxy) is 2. The molecule has 2 rings (SSSR count). The van der Waals surface area contributed by atoms with E-state index >= 15 is 0 Å². The highest BCUT2D eigenvalue weighted by molar-refractivity contribution is 5.91. The summed E-state index contributed by atoms with van der Waals surface area (Å²) in [4.78, 5) is 11.2. The summed E-state index contributed by atoms with van der Waals surface area (Å²) >= 11 is 0. The minimum absolute atomic E-state index is 0.195. The van der Waals surface area contributed by atoms with Gasteiger partial charge in [0.15, 0.2) is 11.5 Å². The van der Waals surface area contributed by atoms with E-state index in [-0.39, 0.29) is 5.56 Å². The van der Waals surface area contributed by atoms with Crippen LogP contribution in [0.2, 0.25) is 0 Å². The fraction of sp³-hybridized carbons (Fsp3) is 0.533. The van der Waals surface area contributed by atoms with Crippen LogP contribution in [0.1, 0.15) is 42.5 Å². The summed E-state index contributed by atoms with van der Waals surface area (Å²) in [7, 11) is 3.07. The van der Waals surface area contributed by atoms with E-state index in [1.54, 1.807) is 13.2 Å². The molecule has 0 saturated heterocycles. The Labute approximate surface area is 118 Å². The zero-order valence-corrected chi connectivity index (χ0v) is 11.9. The van der Waals surface area contributed by atoms with Gasteiger partial charge in [-0.2, -0.15) is 0 Å². The second-order valence-electron chi connectivity index (χ2n) is 5.04. The molecule has 20 heavy (non-hydrogen) atoms. The van der Waals surface area contributed by atoms with Crippen LogP contribution in [0.5, 0.6) is 11.5 Å². The van der Waals surface area contributed by atoms with Gasteiger partial charge in [-0.1, -0.05) is 19.3 Å². The minimum Gasteiger partial charge on any atom is -0.493 e. The van der Waals surface area contributed by atoms with Crippen molar-refractivity contribution in [3.8, 4) is 11.5 Å². The minimum atomic E-state index is -0.974. The molecule has 1 saturated carbocycles. The Balaban J connectivity index is 2.32. The van der Waals surface area contributed by atoms with Crippen LogP contribution in [-0.2, 0) is 0 Å². The van der Waals surface area contributed by atoms with Crippen LogP contribution in [0.3, 0.4) is 0 Å². The first-order valence-corrected chi connectivity index (χ1v) is 6.91. The quantitative estimate of drug-likeness (QED) is 0.866. The van der Waals surface area contributed by atoms with Crippen LogP contribution in [0, 0.1) is 0 Å². The van der Waals surface area contributed by atoms with Gasteiger partial charge in [-0.25, -0.2) is 4.79 Å². The van der Waals surface area contributed by atoms with E-state index in [0.717, 1.165) is 12.8 Å². The van der Waals surface area contributed by atoms with Crippen molar-refractivity contribution < 1.29 is 19.4 Å². The zero-order chi connectivity index (χ0) is 14.5. The topological polar surface area (TPSA) is 67.8 Å². The molecule has 0 atom stereocenters. The Bertz CT molecular complexity index is 481. The Morgan fingerprint density at radius 3 is 2.45 bits per heavy atom. The van der Waals surface area contributed by atoms with Crippen LogP contribution < -0.4 is 14.8 Å². The summed E-state index contributed by atoms with van der Waals surface area (Å²) in [6.07, 6.45) is 5.88. The standard InChI is InChI=1S/C15H21NO4/c1-19-13-9-10(15(17)18)8-12(14(13)20-2)16-11-6-4-3-5-7-11/h8-9,11,16H,3-7H2,1-2H3,(H,17,18). The maximum atomic E-state index is 11.2. The highest BCUT2D eigenvalue weighted by Crippen LogP contribution is 2.38. The molecule has 0 aromatic heterocycles. The van der Waals surface area contributed by atoms with Gasteiger partial charge in [0.05, 0.1) is 25.5 Å². The van der Waals surface area contributed by atoms with Crippen LogP contribution in [0.25, 0.3) is 0 Å². The Kier molecular flexibility index (Phi) is 4.71. The van der Waals surface area contributed by atoms with E-state index in [0.29, 0.717) is 23.2 Å². The Hall–Kier alpha value is -1.91. The van der Waals surface area contributed by atoms with Gasteiger partial charge in [0, 0.05) is 6.04 Å². The summed E-state index contributed by atoms with van der Waals surface area (Å²) in [5, 5.41) is 12.6. The Morgan fingerprint density at radius 2 is 1.90 bits per heavy atom. The first kappa shape index (κ1) is 14.5.